The number of thioether (sulfide) groups is 1. The van der Waals surface area contributed by atoms with Crippen LogP contribution in [0.25, 0.3) is 11.3 Å². The number of carbonyl (C=O) groups excluding carboxylic acids is 1. The van der Waals surface area contributed by atoms with Crippen LogP contribution < -0.4 is 9.47 Å². The summed E-state index contributed by atoms with van der Waals surface area (Å²) < 4.78 is 16.0. The Bertz CT molecular complexity index is 708. The van der Waals surface area contributed by atoms with E-state index in [4.69, 9.17) is 14.0 Å². The maximum Gasteiger partial charge on any atom is 0.276 e. The minimum Gasteiger partial charge on any atom is -0.497 e. The maximum absolute atomic E-state index is 12.6. The van der Waals surface area contributed by atoms with Gasteiger partial charge < -0.3 is 18.9 Å². The molecular formula is C17H20N2O4S. The molecule has 0 atom stereocenters. The van der Waals surface area contributed by atoms with Crippen LogP contribution in [0.3, 0.4) is 0 Å². The van der Waals surface area contributed by atoms with Crippen molar-refractivity contribution in [2.75, 3.05) is 38.8 Å². The van der Waals surface area contributed by atoms with E-state index in [1.165, 1.54) is 0 Å². The molecule has 0 aliphatic carbocycles. The Balaban J connectivity index is 1.86. The molecule has 24 heavy (non-hydrogen) atoms. The molecule has 0 saturated carbocycles. The standard InChI is InChI=1S/C17H20N2O4S/c1-21-12-4-5-15(22-2)13(10-12)16-11-14(18-23-16)17(20)19-6-3-8-24-9-7-19/h4-5,10-11H,3,6-9H2,1-2H3. The third kappa shape index (κ3) is 3.51. The van der Waals surface area contributed by atoms with Crippen LogP contribution in [0, 0.1) is 0 Å². The zero-order valence-corrected chi connectivity index (χ0v) is 14.6. The average Bonchev–Trinajstić information content (AvgIpc) is 2.95. The molecule has 0 radical (unpaired) electrons. The lowest BCUT2D eigenvalue weighted by Crippen LogP contribution is -2.33. The lowest BCUT2D eigenvalue weighted by Gasteiger charge is -2.17. The number of methoxy groups -OCH3 is 2. The van der Waals surface area contributed by atoms with Gasteiger partial charge in [0.25, 0.3) is 5.91 Å². The van der Waals surface area contributed by atoms with Crippen LogP contribution in [-0.4, -0.2) is 54.8 Å². The molecule has 0 N–H and O–H groups in total. The summed E-state index contributed by atoms with van der Waals surface area (Å²) in [5, 5.41) is 3.96. The highest BCUT2D eigenvalue weighted by Crippen LogP contribution is 2.34. The van der Waals surface area contributed by atoms with Crippen LogP contribution in [-0.2, 0) is 0 Å². The van der Waals surface area contributed by atoms with Crippen LogP contribution >= 0.6 is 11.8 Å². The first-order valence-electron chi connectivity index (χ1n) is 7.79. The zero-order chi connectivity index (χ0) is 16.9. The van der Waals surface area contributed by atoms with Gasteiger partial charge in [-0.3, -0.25) is 4.79 Å². The minimum absolute atomic E-state index is 0.0886. The van der Waals surface area contributed by atoms with E-state index in [1.54, 1.807) is 38.5 Å². The van der Waals surface area contributed by atoms with Crippen molar-refractivity contribution in [3.8, 4) is 22.8 Å². The Kier molecular flexibility index (Phi) is 5.30. The molecule has 1 fully saturated rings. The van der Waals surface area contributed by atoms with Gasteiger partial charge in [-0.15, -0.1) is 0 Å². The van der Waals surface area contributed by atoms with Gasteiger partial charge in [0.15, 0.2) is 11.5 Å². The molecule has 128 valence electrons. The lowest BCUT2D eigenvalue weighted by atomic mass is 10.1. The van der Waals surface area contributed by atoms with E-state index < -0.39 is 0 Å². The fraction of sp³-hybridized carbons (Fsp3) is 0.412. The molecule has 0 spiro atoms. The highest BCUT2D eigenvalue weighted by atomic mass is 32.2. The van der Waals surface area contributed by atoms with Gasteiger partial charge >= 0.3 is 0 Å². The maximum atomic E-state index is 12.6. The summed E-state index contributed by atoms with van der Waals surface area (Å²) in [7, 11) is 3.18. The fourth-order valence-electron chi connectivity index (χ4n) is 2.62. The summed E-state index contributed by atoms with van der Waals surface area (Å²) >= 11 is 1.88. The SMILES string of the molecule is COc1ccc(OC)c(-c2cc(C(=O)N3CCCSCC3)no2)c1. The highest BCUT2D eigenvalue weighted by molar-refractivity contribution is 7.99. The number of amides is 1. The quantitative estimate of drug-likeness (QED) is 0.846. The second kappa shape index (κ2) is 7.61. The summed E-state index contributed by atoms with van der Waals surface area (Å²) in [4.78, 5) is 14.5. The van der Waals surface area contributed by atoms with Crippen LogP contribution in [0.1, 0.15) is 16.9 Å². The first-order valence-corrected chi connectivity index (χ1v) is 8.94. The molecule has 2 aromatic rings. The number of rotatable bonds is 4. The van der Waals surface area contributed by atoms with Gasteiger partial charge in [0, 0.05) is 24.9 Å². The fourth-order valence-corrected chi connectivity index (χ4v) is 3.51. The van der Waals surface area contributed by atoms with Crippen molar-refractivity contribution in [3.63, 3.8) is 0 Å². The van der Waals surface area contributed by atoms with Crippen molar-refractivity contribution in [1.29, 1.82) is 0 Å². The number of hydrogen-bond acceptors (Lipinski definition) is 6. The minimum atomic E-state index is -0.0886. The Labute approximate surface area is 145 Å². The molecule has 7 heteroatoms. The first-order chi connectivity index (χ1) is 11.7. The number of carbonyl (C=O) groups is 1. The van der Waals surface area contributed by atoms with Crippen LogP contribution in [0.15, 0.2) is 28.8 Å². The van der Waals surface area contributed by atoms with Crippen molar-refractivity contribution < 1.29 is 18.8 Å². The van der Waals surface area contributed by atoms with Gasteiger partial charge in [0.05, 0.1) is 19.8 Å². The Morgan fingerprint density at radius 3 is 2.88 bits per heavy atom. The van der Waals surface area contributed by atoms with E-state index in [0.29, 0.717) is 28.5 Å². The number of aromatic nitrogens is 1. The molecule has 2 heterocycles. The molecule has 6 nitrogen and oxygen atoms in total. The smallest absolute Gasteiger partial charge is 0.276 e. The predicted octanol–water partition coefficient (Wildman–Crippen LogP) is 2.94. The molecule has 0 bridgehead atoms. The Morgan fingerprint density at radius 1 is 1.21 bits per heavy atom. The molecule has 1 aliphatic rings. The number of ether oxygens (including phenoxy) is 2. The lowest BCUT2D eigenvalue weighted by molar-refractivity contribution is 0.0758. The third-order valence-electron chi connectivity index (χ3n) is 3.91. The van der Waals surface area contributed by atoms with Gasteiger partial charge in [-0.1, -0.05) is 5.16 Å². The van der Waals surface area contributed by atoms with E-state index in [2.05, 4.69) is 5.16 Å². The summed E-state index contributed by atoms with van der Waals surface area (Å²) in [6.07, 6.45) is 1.00. The second-order valence-corrected chi connectivity index (χ2v) is 6.63. The predicted molar refractivity (Wildman–Crippen MR) is 92.9 cm³/mol. The molecule has 1 amide bonds. The summed E-state index contributed by atoms with van der Waals surface area (Å²) in [5.41, 5.74) is 1.02. The third-order valence-corrected chi connectivity index (χ3v) is 4.96. The van der Waals surface area contributed by atoms with Crippen LogP contribution in [0.2, 0.25) is 0 Å². The van der Waals surface area contributed by atoms with Crippen molar-refractivity contribution in [1.82, 2.24) is 10.1 Å². The second-order valence-electron chi connectivity index (χ2n) is 5.40. The summed E-state index contributed by atoms with van der Waals surface area (Å²) in [5.74, 6) is 3.76. The van der Waals surface area contributed by atoms with E-state index in [-0.39, 0.29) is 5.91 Å². The van der Waals surface area contributed by atoms with Gasteiger partial charge in [-0.2, -0.15) is 11.8 Å². The zero-order valence-electron chi connectivity index (χ0n) is 13.8. The molecular weight excluding hydrogens is 328 g/mol. The van der Waals surface area contributed by atoms with Crippen LogP contribution in [0.4, 0.5) is 0 Å². The van der Waals surface area contributed by atoms with Crippen molar-refractivity contribution >= 4 is 17.7 Å². The van der Waals surface area contributed by atoms with Crippen LogP contribution in [0.5, 0.6) is 11.5 Å². The average molecular weight is 348 g/mol. The topological polar surface area (TPSA) is 64.8 Å². The number of hydrogen-bond donors (Lipinski definition) is 0. The number of nitrogens with zero attached hydrogens (tertiary/aromatic N) is 2. The monoisotopic (exact) mass is 348 g/mol. The molecule has 1 aromatic heterocycles. The van der Waals surface area contributed by atoms with E-state index in [0.717, 1.165) is 31.0 Å². The van der Waals surface area contributed by atoms with Gasteiger partial charge in [0.2, 0.25) is 0 Å². The highest BCUT2D eigenvalue weighted by Gasteiger charge is 2.22. The van der Waals surface area contributed by atoms with Gasteiger partial charge in [-0.25, -0.2) is 0 Å². The van der Waals surface area contributed by atoms with E-state index >= 15 is 0 Å². The normalized spacial score (nSPS) is 15.0. The van der Waals surface area contributed by atoms with Crippen molar-refractivity contribution in [3.05, 3.63) is 30.0 Å². The Hall–Kier alpha value is -2.15. The van der Waals surface area contributed by atoms with Gasteiger partial charge in [0.1, 0.15) is 11.5 Å². The van der Waals surface area contributed by atoms with Crippen molar-refractivity contribution in [2.45, 2.75) is 6.42 Å². The molecule has 1 saturated heterocycles. The summed E-state index contributed by atoms with van der Waals surface area (Å²) in [6.45, 7) is 1.50. The molecule has 1 aromatic carbocycles. The van der Waals surface area contributed by atoms with E-state index in [9.17, 15) is 4.79 Å². The van der Waals surface area contributed by atoms with E-state index in [1.807, 2.05) is 16.7 Å². The van der Waals surface area contributed by atoms with Crippen molar-refractivity contribution in [2.24, 2.45) is 0 Å². The molecule has 0 unspecified atom stereocenters. The summed E-state index contributed by atoms with van der Waals surface area (Å²) in [6, 6.07) is 7.07. The van der Waals surface area contributed by atoms with Gasteiger partial charge in [-0.05, 0) is 30.4 Å². The Morgan fingerprint density at radius 2 is 2.08 bits per heavy atom. The number of benzene rings is 1. The first kappa shape index (κ1) is 16.7. The molecule has 3 rings (SSSR count). The molecule has 1 aliphatic heterocycles. The largest absolute Gasteiger partial charge is 0.497 e.